The number of hydrogen-bond donors (Lipinski definition) is 1. The Morgan fingerprint density at radius 3 is 2.47 bits per heavy atom. The summed E-state index contributed by atoms with van der Waals surface area (Å²) in [4.78, 5) is 9.58. The van der Waals surface area contributed by atoms with Crippen LogP contribution in [0.5, 0.6) is 0 Å². The van der Waals surface area contributed by atoms with Crippen LogP contribution in [0.2, 0.25) is 0 Å². The second-order valence-electron chi connectivity index (χ2n) is 4.18. The molecule has 1 heterocycles. The fourth-order valence-electron chi connectivity index (χ4n) is 1.72. The molecule has 0 saturated carbocycles. The first-order chi connectivity index (χ1) is 9.12. The monoisotopic (exact) mass is 270 g/mol. The molecule has 96 valence electrons. The van der Waals surface area contributed by atoms with Crippen molar-refractivity contribution in [3.8, 4) is 6.07 Å². The fourth-order valence-corrected chi connectivity index (χ4v) is 2.64. The topological polar surface area (TPSA) is 75.6 Å². The number of nitrogens with zero attached hydrogens (tertiary/aromatic N) is 3. The maximum Gasteiger partial charge on any atom is 0.192 e. The zero-order chi connectivity index (χ0) is 13.8. The Labute approximate surface area is 116 Å². The lowest BCUT2D eigenvalue weighted by Crippen LogP contribution is -1.97. The fraction of sp³-hybridized carbons (Fsp3) is 0.214. The highest BCUT2D eigenvalue weighted by molar-refractivity contribution is 7.99. The van der Waals surface area contributed by atoms with Gasteiger partial charge in [0.1, 0.15) is 6.07 Å². The van der Waals surface area contributed by atoms with Crippen LogP contribution in [0.1, 0.15) is 22.5 Å². The van der Waals surface area contributed by atoms with E-state index in [9.17, 15) is 5.26 Å². The standard InChI is InChI=1S/C14H14N4S/c1-9-5-10(2)18-14(17-9)19-13-4-3-11(7-15)6-12(13)8-16/h3-6H,7,15H2,1-2H3. The van der Waals surface area contributed by atoms with E-state index in [4.69, 9.17) is 5.73 Å². The summed E-state index contributed by atoms with van der Waals surface area (Å²) in [5.74, 6) is 0. The van der Waals surface area contributed by atoms with E-state index in [-0.39, 0.29) is 0 Å². The number of benzene rings is 1. The predicted octanol–water partition coefficient (Wildman–Crippen LogP) is 2.58. The van der Waals surface area contributed by atoms with E-state index in [0.29, 0.717) is 17.3 Å². The van der Waals surface area contributed by atoms with Crippen LogP contribution in [0.15, 0.2) is 34.3 Å². The van der Waals surface area contributed by atoms with Gasteiger partial charge < -0.3 is 5.73 Å². The maximum atomic E-state index is 9.18. The lowest BCUT2D eigenvalue weighted by atomic mass is 10.1. The third-order valence-corrected chi connectivity index (χ3v) is 3.50. The van der Waals surface area contributed by atoms with Crippen LogP contribution in [-0.2, 0) is 6.54 Å². The van der Waals surface area contributed by atoms with Gasteiger partial charge in [0.25, 0.3) is 0 Å². The van der Waals surface area contributed by atoms with Crippen molar-refractivity contribution in [1.82, 2.24) is 9.97 Å². The van der Waals surface area contributed by atoms with Crippen molar-refractivity contribution in [1.29, 1.82) is 5.26 Å². The minimum Gasteiger partial charge on any atom is -0.326 e. The highest BCUT2D eigenvalue weighted by Gasteiger charge is 2.08. The molecule has 2 aromatic rings. The summed E-state index contributed by atoms with van der Waals surface area (Å²) in [6, 6.07) is 9.74. The summed E-state index contributed by atoms with van der Waals surface area (Å²) >= 11 is 1.40. The average molecular weight is 270 g/mol. The Balaban J connectivity index is 2.35. The molecule has 0 atom stereocenters. The molecular weight excluding hydrogens is 256 g/mol. The number of aromatic nitrogens is 2. The van der Waals surface area contributed by atoms with Crippen LogP contribution in [0.3, 0.4) is 0 Å². The van der Waals surface area contributed by atoms with E-state index in [1.54, 1.807) is 0 Å². The highest BCUT2D eigenvalue weighted by atomic mass is 32.2. The molecule has 0 unspecified atom stereocenters. The summed E-state index contributed by atoms with van der Waals surface area (Å²) in [7, 11) is 0. The van der Waals surface area contributed by atoms with E-state index in [2.05, 4.69) is 16.0 Å². The average Bonchev–Trinajstić information content (AvgIpc) is 2.38. The van der Waals surface area contributed by atoms with E-state index >= 15 is 0 Å². The Morgan fingerprint density at radius 2 is 1.89 bits per heavy atom. The zero-order valence-electron chi connectivity index (χ0n) is 10.8. The Morgan fingerprint density at radius 1 is 1.21 bits per heavy atom. The second-order valence-corrected chi connectivity index (χ2v) is 5.19. The summed E-state index contributed by atoms with van der Waals surface area (Å²) < 4.78 is 0. The normalized spacial score (nSPS) is 10.2. The smallest absolute Gasteiger partial charge is 0.192 e. The van der Waals surface area contributed by atoms with Gasteiger partial charge in [-0.15, -0.1) is 0 Å². The van der Waals surface area contributed by atoms with Crippen molar-refractivity contribution in [2.24, 2.45) is 5.73 Å². The summed E-state index contributed by atoms with van der Waals surface area (Å²) in [6.45, 7) is 4.29. The van der Waals surface area contributed by atoms with Gasteiger partial charge in [-0.1, -0.05) is 6.07 Å². The molecule has 0 amide bonds. The predicted molar refractivity (Wildman–Crippen MR) is 74.7 cm³/mol. The third kappa shape index (κ3) is 3.31. The van der Waals surface area contributed by atoms with Gasteiger partial charge in [-0.3, -0.25) is 0 Å². The Bertz CT molecular complexity index is 626. The van der Waals surface area contributed by atoms with Crippen molar-refractivity contribution in [3.05, 3.63) is 46.8 Å². The number of nitrogens with two attached hydrogens (primary N) is 1. The van der Waals surface area contributed by atoms with E-state index < -0.39 is 0 Å². The molecule has 0 radical (unpaired) electrons. The largest absolute Gasteiger partial charge is 0.326 e. The molecule has 0 bridgehead atoms. The quantitative estimate of drug-likeness (QED) is 0.867. The molecular formula is C14H14N4S. The number of aryl methyl sites for hydroxylation is 2. The van der Waals surface area contributed by atoms with Crippen molar-refractivity contribution in [2.45, 2.75) is 30.4 Å². The maximum absolute atomic E-state index is 9.18. The Hall–Kier alpha value is -1.90. The lowest BCUT2D eigenvalue weighted by molar-refractivity contribution is 0.902. The van der Waals surface area contributed by atoms with Crippen LogP contribution < -0.4 is 5.73 Å². The molecule has 1 aromatic heterocycles. The van der Waals surface area contributed by atoms with Crippen LogP contribution in [-0.4, -0.2) is 9.97 Å². The van der Waals surface area contributed by atoms with Gasteiger partial charge >= 0.3 is 0 Å². The number of nitriles is 1. The van der Waals surface area contributed by atoms with Crippen LogP contribution in [0.4, 0.5) is 0 Å². The molecule has 2 rings (SSSR count). The second kappa shape index (κ2) is 5.83. The minimum absolute atomic E-state index is 0.430. The van der Waals surface area contributed by atoms with Crippen molar-refractivity contribution < 1.29 is 0 Å². The molecule has 19 heavy (non-hydrogen) atoms. The van der Waals surface area contributed by atoms with Crippen LogP contribution in [0, 0.1) is 25.2 Å². The molecule has 1 aromatic carbocycles. The molecule has 0 spiro atoms. The molecule has 0 aliphatic carbocycles. The molecule has 2 N–H and O–H groups in total. The molecule has 0 aliphatic rings. The van der Waals surface area contributed by atoms with E-state index in [1.165, 1.54) is 11.8 Å². The zero-order valence-corrected chi connectivity index (χ0v) is 11.7. The van der Waals surface area contributed by atoms with Gasteiger partial charge in [-0.2, -0.15) is 5.26 Å². The summed E-state index contributed by atoms with van der Waals surface area (Å²) in [5, 5.41) is 9.84. The van der Waals surface area contributed by atoms with Crippen molar-refractivity contribution in [2.75, 3.05) is 0 Å². The Kier molecular flexibility index (Phi) is 4.15. The summed E-state index contributed by atoms with van der Waals surface area (Å²) in [6.07, 6.45) is 0. The first kappa shape index (κ1) is 13.5. The number of hydrogen-bond acceptors (Lipinski definition) is 5. The minimum atomic E-state index is 0.430. The first-order valence-electron chi connectivity index (χ1n) is 5.85. The van der Waals surface area contributed by atoms with Gasteiger partial charge in [-0.05, 0) is 49.4 Å². The van der Waals surface area contributed by atoms with Crippen molar-refractivity contribution in [3.63, 3.8) is 0 Å². The van der Waals surface area contributed by atoms with Gasteiger partial charge in [0.05, 0.1) is 5.56 Å². The molecule has 0 aliphatic heterocycles. The first-order valence-corrected chi connectivity index (χ1v) is 6.67. The SMILES string of the molecule is Cc1cc(C)nc(Sc2ccc(CN)cc2C#N)n1. The third-order valence-electron chi connectivity index (χ3n) is 2.56. The summed E-state index contributed by atoms with van der Waals surface area (Å²) in [5.41, 5.74) is 8.97. The van der Waals surface area contributed by atoms with Gasteiger partial charge in [0.2, 0.25) is 0 Å². The molecule has 0 saturated heterocycles. The van der Waals surface area contributed by atoms with Crippen LogP contribution in [0.25, 0.3) is 0 Å². The van der Waals surface area contributed by atoms with Crippen molar-refractivity contribution >= 4 is 11.8 Å². The van der Waals surface area contributed by atoms with E-state index in [1.807, 2.05) is 38.1 Å². The lowest BCUT2D eigenvalue weighted by Gasteiger charge is -2.06. The van der Waals surface area contributed by atoms with Gasteiger partial charge in [0.15, 0.2) is 5.16 Å². The molecule has 5 heteroatoms. The molecule has 0 fully saturated rings. The van der Waals surface area contributed by atoms with E-state index in [0.717, 1.165) is 21.8 Å². The van der Waals surface area contributed by atoms with Gasteiger partial charge in [0, 0.05) is 22.8 Å². The highest BCUT2D eigenvalue weighted by Crippen LogP contribution is 2.28. The van der Waals surface area contributed by atoms with Gasteiger partial charge in [-0.25, -0.2) is 9.97 Å². The van der Waals surface area contributed by atoms with Crippen LogP contribution >= 0.6 is 11.8 Å². The number of rotatable bonds is 3. The molecule has 4 nitrogen and oxygen atoms in total.